The van der Waals surface area contributed by atoms with Crippen molar-refractivity contribution < 1.29 is 14.3 Å². The Labute approximate surface area is 178 Å². The highest BCUT2D eigenvalue weighted by molar-refractivity contribution is 7.15. The second-order valence-corrected chi connectivity index (χ2v) is 8.50. The Hall–Kier alpha value is -2.88. The molecule has 0 aliphatic heterocycles. The fourth-order valence-corrected chi connectivity index (χ4v) is 4.61. The molecule has 1 aliphatic rings. The molecule has 0 spiro atoms. The van der Waals surface area contributed by atoms with Crippen LogP contribution >= 0.6 is 11.3 Å². The summed E-state index contributed by atoms with van der Waals surface area (Å²) in [5.41, 5.74) is 2.78. The maximum absolute atomic E-state index is 12.4. The van der Waals surface area contributed by atoms with Crippen LogP contribution in [0.4, 0.5) is 10.6 Å². The first-order valence-electron chi connectivity index (χ1n) is 10.2. The van der Waals surface area contributed by atoms with E-state index in [-0.39, 0.29) is 30.4 Å². The number of nitrogens with one attached hydrogen (secondary N) is 3. The van der Waals surface area contributed by atoms with Crippen molar-refractivity contribution in [3.05, 3.63) is 34.7 Å². The Kier molecular flexibility index (Phi) is 6.03. The predicted octanol–water partition coefficient (Wildman–Crippen LogP) is 3.38. The van der Waals surface area contributed by atoms with Crippen molar-refractivity contribution in [1.82, 2.24) is 24.9 Å². The van der Waals surface area contributed by atoms with Gasteiger partial charge in [0.2, 0.25) is 5.91 Å². The minimum Gasteiger partial charge on any atom is -0.446 e. The highest BCUT2D eigenvalue weighted by Gasteiger charge is 2.30. The van der Waals surface area contributed by atoms with E-state index < -0.39 is 0 Å². The molecule has 3 heterocycles. The second kappa shape index (κ2) is 8.86. The van der Waals surface area contributed by atoms with Gasteiger partial charge in [-0.3, -0.25) is 14.3 Å². The minimum absolute atomic E-state index is 0.0913. The zero-order chi connectivity index (χ0) is 21.1. The molecule has 1 aliphatic carbocycles. The lowest BCUT2D eigenvalue weighted by Crippen LogP contribution is -2.28. The van der Waals surface area contributed by atoms with E-state index in [0.717, 1.165) is 47.7 Å². The van der Waals surface area contributed by atoms with Crippen LogP contribution in [0, 0.1) is 6.92 Å². The molecule has 2 amide bonds. The van der Waals surface area contributed by atoms with Crippen LogP contribution in [0.1, 0.15) is 55.6 Å². The number of rotatable bonds is 7. The first kappa shape index (κ1) is 20.4. The van der Waals surface area contributed by atoms with E-state index in [0.29, 0.717) is 12.4 Å². The molecule has 4 rings (SSSR count). The Morgan fingerprint density at radius 2 is 2.27 bits per heavy atom. The maximum atomic E-state index is 12.4. The van der Waals surface area contributed by atoms with Crippen molar-refractivity contribution in [2.24, 2.45) is 0 Å². The number of aromatic nitrogens is 4. The Morgan fingerprint density at radius 1 is 1.40 bits per heavy atom. The van der Waals surface area contributed by atoms with Crippen LogP contribution < -0.4 is 10.6 Å². The van der Waals surface area contributed by atoms with Gasteiger partial charge in [-0.1, -0.05) is 6.92 Å². The third kappa shape index (κ3) is 4.64. The smallest absolute Gasteiger partial charge is 0.407 e. The van der Waals surface area contributed by atoms with Gasteiger partial charge in [0.15, 0.2) is 10.8 Å². The molecule has 3 aromatic heterocycles. The standard InChI is InChI=1S/C20H26N6O3S/c1-3-6-21-20(28)29-15-5-4-13(7-15)16-9-17(25-24-16)23-18(27)8-14-10-26-12(2)11-30-19(26)22-14/h9-11,13,15H,3-8H2,1-2H3,(H,21,28)(H2,23,24,25,27)/t13-,15+/m1/s1. The van der Waals surface area contributed by atoms with E-state index >= 15 is 0 Å². The molecule has 0 bridgehead atoms. The molecular formula is C20H26N6O3S. The maximum Gasteiger partial charge on any atom is 0.407 e. The van der Waals surface area contributed by atoms with Gasteiger partial charge < -0.3 is 15.4 Å². The van der Waals surface area contributed by atoms with Crippen molar-refractivity contribution in [3.63, 3.8) is 0 Å². The Bertz CT molecular complexity index is 1040. The van der Waals surface area contributed by atoms with Crippen LogP contribution in [0.3, 0.4) is 0 Å². The van der Waals surface area contributed by atoms with Crippen molar-refractivity contribution in [2.75, 3.05) is 11.9 Å². The monoisotopic (exact) mass is 430 g/mol. The summed E-state index contributed by atoms with van der Waals surface area (Å²) >= 11 is 1.56. The van der Waals surface area contributed by atoms with Crippen LogP contribution in [0.5, 0.6) is 0 Å². The van der Waals surface area contributed by atoms with Crippen molar-refractivity contribution in [1.29, 1.82) is 0 Å². The number of H-pyrrole nitrogens is 1. The average molecular weight is 431 g/mol. The third-order valence-electron chi connectivity index (χ3n) is 5.26. The van der Waals surface area contributed by atoms with Gasteiger partial charge in [0, 0.05) is 41.5 Å². The summed E-state index contributed by atoms with van der Waals surface area (Å²) in [7, 11) is 0. The topological polar surface area (TPSA) is 113 Å². The van der Waals surface area contributed by atoms with Crippen LogP contribution in [0.25, 0.3) is 4.96 Å². The first-order valence-corrected chi connectivity index (χ1v) is 11.1. The number of aryl methyl sites for hydroxylation is 1. The van der Waals surface area contributed by atoms with E-state index in [2.05, 4.69) is 25.8 Å². The van der Waals surface area contributed by atoms with Crippen LogP contribution in [-0.2, 0) is 16.0 Å². The SMILES string of the molecule is CCCNC(=O)O[C@H]1CC[C@@H](c2cc(NC(=O)Cc3cn4c(C)csc4n3)n[nH]2)C1. The number of imidazole rings is 1. The fraction of sp³-hybridized carbons (Fsp3) is 0.500. The van der Waals surface area contributed by atoms with Gasteiger partial charge in [0.1, 0.15) is 6.10 Å². The number of carbonyl (C=O) groups excluding carboxylic acids is 2. The van der Waals surface area contributed by atoms with Crippen molar-refractivity contribution in [3.8, 4) is 0 Å². The molecule has 3 aromatic rings. The number of thiazole rings is 1. The van der Waals surface area contributed by atoms with E-state index in [1.54, 1.807) is 11.3 Å². The summed E-state index contributed by atoms with van der Waals surface area (Å²) in [5, 5.41) is 14.8. The number of fused-ring (bicyclic) bond motifs is 1. The van der Waals surface area contributed by atoms with Gasteiger partial charge in [-0.25, -0.2) is 9.78 Å². The number of hydrogen-bond acceptors (Lipinski definition) is 6. The minimum atomic E-state index is -0.352. The summed E-state index contributed by atoms with van der Waals surface area (Å²) in [5.74, 6) is 0.573. The molecule has 9 nitrogen and oxygen atoms in total. The summed E-state index contributed by atoms with van der Waals surface area (Å²) in [4.78, 5) is 29.5. The summed E-state index contributed by atoms with van der Waals surface area (Å²) in [6.07, 6.45) is 5.01. The Balaban J connectivity index is 1.28. The molecule has 3 N–H and O–H groups in total. The zero-order valence-electron chi connectivity index (χ0n) is 17.1. The molecule has 10 heteroatoms. The first-order chi connectivity index (χ1) is 14.5. The number of amides is 2. The molecule has 0 saturated heterocycles. The van der Waals surface area contributed by atoms with E-state index in [1.165, 1.54) is 0 Å². The van der Waals surface area contributed by atoms with Gasteiger partial charge in [0.05, 0.1) is 12.1 Å². The number of hydrogen-bond donors (Lipinski definition) is 3. The summed E-state index contributed by atoms with van der Waals surface area (Å²) < 4.78 is 7.45. The van der Waals surface area contributed by atoms with E-state index in [9.17, 15) is 9.59 Å². The molecule has 160 valence electrons. The lowest BCUT2D eigenvalue weighted by atomic mass is 10.0. The quantitative estimate of drug-likeness (QED) is 0.532. The molecule has 0 unspecified atom stereocenters. The number of nitrogens with zero attached hydrogens (tertiary/aromatic N) is 3. The lowest BCUT2D eigenvalue weighted by molar-refractivity contribution is -0.115. The normalized spacial score (nSPS) is 18.6. The lowest BCUT2D eigenvalue weighted by Gasteiger charge is -2.12. The third-order valence-corrected chi connectivity index (χ3v) is 6.22. The molecule has 0 aromatic carbocycles. The van der Waals surface area contributed by atoms with Gasteiger partial charge in [0.25, 0.3) is 0 Å². The molecule has 0 radical (unpaired) electrons. The molecule has 2 atom stereocenters. The number of aromatic amines is 1. The predicted molar refractivity (Wildman–Crippen MR) is 114 cm³/mol. The number of carbonyl (C=O) groups is 2. The second-order valence-electron chi connectivity index (χ2n) is 7.66. The van der Waals surface area contributed by atoms with Gasteiger partial charge in [-0.05, 0) is 32.6 Å². The van der Waals surface area contributed by atoms with Crippen LogP contribution in [0.15, 0.2) is 17.6 Å². The van der Waals surface area contributed by atoms with Crippen LogP contribution in [-0.4, -0.2) is 44.2 Å². The number of ether oxygens (including phenoxy) is 1. The van der Waals surface area contributed by atoms with E-state index in [4.69, 9.17) is 4.74 Å². The molecular weight excluding hydrogens is 404 g/mol. The number of alkyl carbamates (subject to hydrolysis) is 1. The fourth-order valence-electron chi connectivity index (χ4n) is 3.74. The molecule has 1 saturated carbocycles. The average Bonchev–Trinajstić information content (AvgIpc) is 3.47. The van der Waals surface area contributed by atoms with Gasteiger partial charge in [-0.2, -0.15) is 5.10 Å². The zero-order valence-corrected chi connectivity index (χ0v) is 17.9. The van der Waals surface area contributed by atoms with Gasteiger partial charge in [-0.15, -0.1) is 11.3 Å². The summed E-state index contributed by atoms with van der Waals surface area (Å²) in [6, 6.07) is 1.86. The highest BCUT2D eigenvalue weighted by atomic mass is 32.1. The van der Waals surface area contributed by atoms with Crippen LogP contribution in [0.2, 0.25) is 0 Å². The van der Waals surface area contributed by atoms with E-state index in [1.807, 2.05) is 35.9 Å². The molecule has 1 fully saturated rings. The summed E-state index contributed by atoms with van der Waals surface area (Å²) in [6.45, 7) is 4.63. The highest BCUT2D eigenvalue weighted by Crippen LogP contribution is 2.35. The van der Waals surface area contributed by atoms with Crippen molar-refractivity contribution >= 4 is 34.1 Å². The number of anilines is 1. The van der Waals surface area contributed by atoms with Crippen molar-refractivity contribution in [2.45, 2.75) is 58.0 Å². The largest absolute Gasteiger partial charge is 0.446 e. The van der Waals surface area contributed by atoms with Gasteiger partial charge >= 0.3 is 6.09 Å². The Morgan fingerprint density at radius 3 is 3.07 bits per heavy atom. The molecule has 30 heavy (non-hydrogen) atoms.